The summed E-state index contributed by atoms with van der Waals surface area (Å²) in [6, 6.07) is 0.479. The molecule has 0 saturated heterocycles. The SMILES string of the molecule is Cc1nn(Cc2cn3ccsc3n2)c(C)c1CNC(C)C. The molecule has 0 fully saturated rings. The number of aromatic nitrogens is 4. The summed E-state index contributed by atoms with van der Waals surface area (Å²) < 4.78 is 4.12. The van der Waals surface area contributed by atoms with Crippen LogP contribution in [0.15, 0.2) is 17.8 Å². The average Bonchev–Trinajstić information content (AvgIpc) is 3.04. The number of rotatable bonds is 5. The molecule has 0 bridgehead atoms. The van der Waals surface area contributed by atoms with Gasteiger partial charge < -0.3 is 5.32 Å². The second-order valence-corrected chi connectivity index (χ2v) is 6.54. The van der Waals surface area contributed by atoms with Crippen molar-refractivity contribution in [2.24, 2.45) is 0 Å². The minimum Gasteiger partial charge on any atom is -0.310 e. The Labute approximate surface area is 128 Å². The van der Waals surface area contributed by atoms with Crippen LogP contribution in [-0.4, -0.2) is 25.2 Å². The van der Waals surface area contributed by atoms with Crippen LogP contribution < -0.4 is 5.32 Å². The Balaban J connectivity index is 1.82. The Bertz CT molecular complexity index is 721. The van der Waals surface area contributed by atoms with E-state index >= 15 is 0 Å². The topological polar surface area (TPSA) is 47.2 Å². The minimum atomic E-state index is 0.479. The zero-order valence-electron chi connectivity index (χ0n) is 12.9. The lowest BCUT2D eigenvalue weighted by Gasteiger charge is -2.08. The molecular formula is C15H21N5S. The highest BCUT2D eigenvalue weighted by molar-refractivity contribution is 7.15. The van der Waals surface area contributed by atoms with Crippen LogP contribution in [0.1, 0.15) is 36.5 Å². The monoisotopic (exact) mass is 303 g/mol. The van der Waals surface area contributed by atoms with Crippen molar-refractivity contribution < 1.29 is 0 Å². The van der Waals surface area contributed by atoms with Gasteiger partial charge in [-0.2, -0.15) is 5.10 Å². The maximum absolute atomic E-state index is 4.67. The molecule has 1 N–H and O–H groups in total. The maximum atomic E-state index is 4.67. The van der Waals surface area contributed by atoms with Crippen molar-refractivity contribution in [3.63, 3.8) is 0 Å². The number of nitrogens with zero attached hydrogens (tertiary/aromatic N) is 4. The third-order valence-corrected chi connectivity index (χ3v) is 4.44. The Morgan fingerprint density at radius 2 is 2.14 bits per heavy atom. The molecule has 0 unspecified atom stereocenters. The van der Waals surface area contributed by atoms with Crippen LogP contribution in [0, 0.1) is 13.8 Å². The number of nitrogens with one attached hydrogen (secondary N) is 1. The van der Waals surface area contributed by atoms with Crippen molar-refractivity contribution in [1.82, 2.24) is 24.5 Å². The molecular weight excluding hydrogens is 282 g/mol. The molecule has 5 nitrogen and oxygen atoms in total. The zero-order valence-corrected chi connectivity index (χ0v) is 13.7. The number of hydrogen-bond donors (Lipinski definition) is 1. The molecule has 0 spiro atoms. The lowest BCUT2D eigenvalue weighted by molar-refractivity contribution is 0.584. The first-order valence-corrected chi connectivity index (χ1v) is 8.10. The first kappa shape index (κ1) is 14.3. The summed E-state index contributed by atoms with van der Waals surface area (Å²) in [5.74, 6) is 0. The molecule has 112 valence electrons. The standard InChI is InChI=1S/C15H21N5S/c1-10(2)16-7-14-11(3)18-20(12(14)4)9-13-8-19-5-6-21-15(19)17-13/h5-6,8,10,16H,7,9H2,1-4H3. The van der Waals surface area contributed by atoms with Gasteiger partial charge in [0.05, 0.1) is 17.9 Å². The van der Waals surface area contributed by atoms with Gasteiger partial charge in [-0.05, 0) is 13.8 Å². The molecule has 0 atom stereocenters. The van der Waals surface area contributed by atoms with Gasteiger partial charge in [-0.15, -0.1) is 11.3 Å². The summed E-state index contributed by atoms with van der Waals surface area (Å²) in [7, 11) is 0. The zero-order chi connectivity index (χ0) is 15.0. The number of aryl methyl sites for hydroxylation is 1. The molecule has 0 aliphatic rings. The number of imidazole rings is 1. The summed E-state index contributed by atoms with van der Waals surface area (Å²) in [4.78, 5) is 5.66. The Hall–Kier alpha value is -1.66. The average molecular weight is 303 g/mol. The van der Waals surface area contributed by atoms with E-state index in [0.717, 1.165) is 29.4 Å². The molecule has 6 heteroatoms. The summed E-state index contributed by atoms with van der Waals surface area (Å²) >= 11 is 1.65. The molecule has 0 saturated carbocycles. The van der Waals surface area contributed by atoms with Gasteiger partial charge >= 0.3 is 0 Å². The van der Waals surface area contributed by atoms with E-state index in [9.17, 15) is 0 Å². The molecule has 3 rings (SSSR count). The van der Waals surface area contributed by atoms with Gasteiger partial charge in [0.15, 0.2) is 4.96 Å². The lowest BCUT2D eigenvalue weighted by Crippen LogP contribution is -2.22. The normalized spacial score (nSPS) is 11.9. The highest BCUT2D eigenvalue weighted by Crippen LogP contribution is 2.16. The first-order valence-electron chi connectivity index (χ1n) is 7.22. The fourth-order valence-corrected chi connectivity index (χ4v) is 3.17. The van der Waals surface area contributed by atoms with Crippen molar-refractivity contribution >= 4 is 16.3 Å². The smallest absolute Gasteiger partial charge is 0.193 e. The van der Waals surface area contributed by atoms with Gasteiger partial charge in [0, 0.05) is 41.6 Å². The second kappa shape index (κ2) is 5.61. The summed E-state index contributed by atoms with van der Waals surface area (Å²) in [5, 5.41) is 10.2. The summed E-state index contributed by atoms with van der Waals surface area (Å²) in [6.07, 6.45) is 4.12. The molecule has 0 aromatic carbocycles. The van der Waals surface area contributed by atoms with Crippen molar-refractivity contribution in [3.8, 4) is 0 Å². The van der Waals surface area contributed by atoms with E-state index in [1.165, 1.54) is 11.3 Å². The molecule has 0 radical (unpaired) electrons. The van der Waals surface area contributed by atoms with E-state index < -0.39 is 0 Å². The molecule has 0 aliphatic heterocycles. The second-order valence-electron chi connectivity index (χ2n) is 5.67. The fraction of sp³-hybridized carbons (Fsp3) is 0.467. The fourth-order valence-electron chi connectivity index (χ4n) is 2.46. The van der Waals surface area contributed by atoms with Gasteiger partial charge in [0.1, 0.15) is 0 Å². The Morgan fingerprint density at radius 3 is 2.86 bits per heavy atom. The van der Waals surface area contributed by atoms with Crippen LogP contribution in [0.3, 0.4) is 0 Å². The largest absolute Gasteiger partial charge is 0.310 e. The predicted octanol–water partition coefficient (Wildman–Crippen LogP) is 2.76. The van der Waals surface area contributed by atoms with E-state index in [0.29, 0.717) is 6.04 Å². The Morgan fingerprint density at radius 1 is 1.33 bits per heavy atom. The molecule has 3 heterocycles. The minimum absolute atomic E-state index is 0.479. The quantitative estimate of drug-likeness (QED) is 0.788. The van der Waals surface area contributed by atoms with E-state index in [2.05, 4.69) is 58.4 Å². The molecule has 3 aromatic heterocycles. The lowest BCUT2D eigenvalue weighted by atomic mass is 10.2. The van der Waals surface area contributed by atoms with Crippen molar-refractivity contribution in [2.75, 3.05) is 0 Å². The van der Waals surface area contributed by atoms with E-state index in [1.54, 1.807) is 11.3 Å². The Kier molecular flexibility index (Phi) is 3.82. The van der Waals surface area contributed by atoms with Crippen LogP contribution in [-0.2, 0) is 13.1 Å². The van der Waals surface area contributed by atoms with Crippen LogP contribution in [0.4, 0.5) is 0 Å². The van der Waals surface area contributed by atoms with Gasteiger partial charge in [0.25, 0.3) is 0 Å². The van der Waals surface area contributed by atoms with Crippen LogP contribution >= 0.6 is 11.3 Å². The third-order valence-electron chi connectivity index (χ3n) is 3.67. The summed E-state index contributed by atoms with van der Waals surface area (Å²) in [6.45, 7) is 10.1. The van der Waals surface area contributed by atoms with Gasteiger partial charge in [-0.3, -0.25) is 9.08 Å². The van der Waals surface area contributed by atoms with Crippen molar-refractivity contribution in [1.29, 1.82) is 0 Å². The number of thiazole rings is 1. The third kappa shape index (κ3) is 2.87. The van der Waals surface area contributed by atoms with E-state index in [-0.39, 0.29) is 0 Å². The molecule has 21 heavy (non-hydrogen) atoms. The van der Waals surface area contributed by atoms with Gasteiger partial charge in [-0.1, -0.05) is 13.8 Å². The highest BCUT2D eigenvalue weighted by Gasteiger charge is 2.13. The van der Waals surface area contributed by atoms with Crippen molar-refractivity contribution in [3.05, 3.63) is 40.4 Å². The maximum Gasteiger partial charge on any atom is 0.193 e. The highest BCUT2D eigenvalue weighted by atomic mass is 32.1. The summed E-state index contributed by atoms with van der Waals surface area (Å²) in [5.41, 5.74) is 4.67. The van der Waals surface area contributed by atoms with E-state index in [4.69, 9.17) is 0 Å². The van der Waals surface area contributed by atoms with Crippen LogP contribution in [0.2, 0.25) is 0 Å². The van der Waals surface area contributed by atoms with Crippen molar-refractivity contribution in [2.45, 2.75) is 46.8 Å². The number of fused-ring (bicyclic) bond motifs is 1. The first-order chi connectivity index (χ1) is 10.0. The van der Waals surface area contributed by atoms with E-state index in [1.807, 2.05) is 11.6 Å². The van der Waals surface area contributed by atoms with Gasteiger partial charge in [-0.25, -0.2) is 4.98 Å². The number of hydrogen-bond acceptors (Lipinski definition) is 4. The van der Waals surface area contributed by atoms with Crippen LogP contribution in [0.25, 0.3) is 4.96 Å². The van der Waals surface area contributed by atoms with Gasteiger partial charge in [0.2, 0.25) is 0 Å². The molecule has 0 aliphatic carbocycles. The molecule has 0 amide bonds. The molecule has 3 aromatic rings. The van der Waals surface area contributed by atoms with Crippen LogP contribution in [0.5, 0.6) is 0 Å². The predicted molar refractivity (Wildman–Crippen MR) is 85.8 cm³/mol.